The number of ether oxygens (including phenoxy) is 1. The lowest BCUT2D eigenvalue weighted by atomic mass is 9.86. The van der Waals surface area contributed by atoms with Gasteiger partial charge in [0.05, 0.1) is 12.2 Å². The van der Waals surface area contributed by atoms with E-state index >= 15 is 0 Å². The summed E-state index contributed by atoms with van der Waals surface area (Å²) in [6, 6.07) is 0. The number of hydrogen-bond donors (Lipinski definition) is 1. The Morgan fingerprint density at radius 1 is 1.32 bits per heavy atom. The van der Waals surface area contributed by atoms with Gasteiger partial charge in [-0.25, -0.2) is 4.79 Å². The normalized spacial score (nSPS) is 11.6. The summed E-state index contributed by atoms with van der Waals surface area (Å²) in [6.07, 6.45) is 2.88. The predicted molar refractivity (Wildman–Crippen MR) is 81.8 cm³/mol. The van der Waals surface area contributed by atoms with Crippen LogP contribution in [0.5, 0.6) is 0 Å². The maximum atomic E-state index is 12.1. The number of esters is 1. The number of nitrogens with two attached hydrogens (primary N) is 1. The van der Waals surface area contributed by atoms with E-state index in [9.17, 15) is 4.79 Å². The summed E-state index contributed by atoms with van der Waals surface area (Å²) < 4.78 is 5.14. The first kappa shape index (κ1) is 16.0. The smallest absolute Gasteiger partial charge is 0.341 e. The zero-order valence-corrected chi connectivity index (χ0v) is 13.4. The highest BCUT2D eigenvalue weighted by Crippen LogP contribution is 2.36. The third-order valence-corrected chi connectivity index (χ3v) is 3.90. The molecule has 0 fully saturated rings. The molecule has 0 saturated carbocycles. The average Bonchev–Trinajstić information content (AvgIpc) is 2.53. The van der Waals surface area contributed by atoms with Gasteiger partial charge in [-0.3, -0.25) is 0 Å². The zero-order valence-electron chi connectivity index (χ0n) is 12.6. The van der Waals surface area contributed by atoms with E-state index in [1.54, 1.807) is 0 Å². The van der Waals surface area contributed by atoms with Crippen molar-refractivity contribution in [2.75, 3.05) is 12.3 Å². The van der Waals surface area contributed by atoms with E-state index in [0.29, 0.717) is 17.2 Å². The van der Waals surface area contributed by atoms with Crippen LogP contribution in [0, 0.1) is 5.41 Å². The number of hydrogen-bond acceptors (Lipinski definition) is 4. The monoisotopic (exact) mass is 283 g/mol. The van der Waals surface area contributed by atoms with E-state index in [4.69, 9.17) is 10.5 Å². The lowest BCUT2D eigenvalue weighted by molar-refractivity contribution is 0.0526. The van der Waals surface area contributed by atoms with Gasteiger partial charge in [0.15, 0.2) is 0 Å². The van der Waals surface area contributed by atoms with Gasteiger partial charge in [-0.15, -0.1) is 11.3 Å². The summed E-state index contributed by atoms with van der Waals surface area (Å²) in [7, 11) is 0. The van der Waals surface area contributed by atoms with Crippen LogP contribution in [0.15, 0.2) is 0 Å². The number of rotatable bonds is 5. The summed E-state index contributed by atoms with van der Waals surface area (Å²) in [4.78, 5) is 13.3. The van der Waals surface area contributed by atoms with E-state index in [1.165, 1.54) is 16.2 Å². The molecule has 1 aromatic rings. The van der Waals surface area contributed by atoms with Crippen LogP contribution in [-0.2, 0) is 17.6 Å². The predicted octanol–water partition coefficient (Wildman–Crippen LogP) is 4.05. The first-order valence-electron chi connectivity index (χ1n) is 6.87. The molecule has 0 bridgehead atoms. The Labute approximate surface area is 120 Å². The molecule has 0 radical (unpaired) electrons. The summed E-state index contributed by atoms with van der Waals surface area (Å²) in [6.45, 7) is 10.9. The maximum Gasteiger partial charge on any atom is 0.341 e. The Kier molecular flexibility index (Phi) is 5.41. The number of aryl methyl sites for hydroxylation is 1. The van der Waals surface area contributed by atoms with Crippen LogP contribution in [0.1, 0.15) is 61.8 Å². The van der Waals surface area contributed by atoms with Crippen molar-refractivity contribution in [3.63, 3.8) is 0 Å². The molecule has 0 aliphatic rings. The molecule has 0 aromatic carbocycles. The summed E-state index contributed by atoms with van der Waals surface area (Å²) in [5, 5.41) is 0.598. The van der Waals surface area contributed by atoms with Crippen molar-refractivity contribution in [3.8, 4) is 0 Å². The molecule has 1 rings (SSSR count). The molecule has 0 atom stereocenters. The molecule has 1 aromatic heterocycles. The van der Waals surface area contributed by atoms with Crippen molar-refractivity contribution < 1.29 is 9.53 Å². The molecule has 1 heterocycles. The molecule has 108 valence electrons. The highest BCUT2D eigenvalue weighted by Gasteiger charge is 2.26. The van der Waals surface area contributed by atoms with Crippen LogP contribution in [0.3, 0.4) is 0 Å². The van der Waals surface area contributed by atoms with Gasteiger partial charge in [-0.05, 0) is 30.7 Å². The highest BCUT2D eigenvalue weighted by atomic mass is 32.1. The van der Waals surface area contributed by atoms with E-state index < -0.39 is 0 Å². The molecule has 0 aliphatic carbocycles. The van der Waals surface area contributed by atoms with Gasteiger partial charge in [-0.1, -0.05) is 34.1 Å². The number of carbonyl (C=O) groups excluding carboxylic acids is 1. The topological polar surface area (TPSA) is 52.3 Å². The van der Waals surface area contributed by atoms with Crippen LogP contribution in [0.25, 0.3) is 0 Å². The van der Waals surface area contributed by atoms with Crippen LogP contribution in [0.4, 0.5) is 5.00 Å². The minimum Gasteiger partial charge on any atom is -0.462 e. The fourth-order valence-corrected chi connectivity index (χ4v) is 3.28. The summed E-state index contributed by atoms with van der Waals surface area (Å²) in [5.41, 5.74) is 7.86. The Morgan fingerprint density at radius 2 is 1.95 bits per heavy atom. The standard InChI is InChI=1S/C15H25NO2S/c1-6-8-11-10(9-15(3,4)5)12(13(16)19-11)14(17)18-7-2/h6-9,16H2,1-5H3. The molecule has 19 heavy (non-hydrogen) atoms. The van der Waals surface area contributed by atoms with Crippen LogP contribution >= 0.6 is 11.3 Å². The number of nitrogen functional groups attached to an aromatic ring is 1. The second kappa shape index (κ2) is 6.42. The third kappa shape index (κ3) is 4.23. The molecule has 0 unspecified atom stereocenters. The number of carbonyl (C=O) groups is 1. The van der Waals surface area contributed by atoms with E-state index in [1.807, 2.05) is 6.92 Å². The first-order valence-corrected chi connectivity index (χ1v) is 7.69. The lowest BCUT2D eigenvalue weighted by Crippen LogP contribution is -2.15. The molecule has 2 N–H and O–H groups in total. The van der Waals surface area contributed by atoms with E-state index in [-0.39, 0.29) is 11.4 Å². The molecule has 0 spiro atoms. The highest BCUT2D eigenvalue weighted by molar-refractivity contribution is 7.16. The van der Waals surface area contributed by atoms with Gasteiger partial charge in [0.1, 0.15) is 5.00 Å². The van der Waals surface area contributed by atoms with Gasteiger partial charge in [0.2, 0.25) is 0 Å². The van der Waals surface area contributed by atoms with Gasteiger partial charge in [-0.2, -0.15) is 0 Å². The minimum atomic E-state index is -0.280. The molecule has 4 heteroatoms. The van der Waals surface area contributed by atoms with Gasteiger partial charge < -0.3 is 10.5 Å². The Bertz CT molecular complexity index is 444. The largest absolute Gasteiger partial charge is 0.462 e. The second-order valence-electron chi connectivity index (χ2n) is 5.95. The molecular weight excluding hydrogens is 258 g/mol. The Hall–Kier alpha value is -1.03. The van der Waals surface area contributed by atoms with Gasteiger partial charge in [0, 0.05) is 4.88 Å². The summed E-state index contributed by atoms with van der Waals surface area (Å²) >= 11 is 1.54. The van der Waals surface area contributed by atoms with Crippen LogP contribution in [-0.4, -0.2) is 12.6 Å². The quantitative estimate of drug-likeness (QED) is 0.829. The Balaban J connectivity index is 3.23. The van der Waals surface area contributed by atoms with Gasteiger partial charge >= 0.3 is 5.97 Å². The molecule has 3 nitrogen and oxygen atoms in total. The van der Waals surface area contributed by atoms with Crippen molar-refractivity contribution in [1.82, 2.24) is 0 Å². The number of thiophene rings is 1. The van der Waals surface area contributed by atoms with Crippen molar-refractivity contribution in [3.05, 3.63) is 16.0 Å². The van der Waals surface area contributed by atoms with Crippen LogP contribution < -0.4 is 5.73 Å². The molecule has 0 saturated heterocycles. The zero-order chi connectivity index (χ0) is 14.6. The van der Waals surface area contributed by atoms with Crippen molar-refractivity contribution in [2.45, 2.75) is 53.9 Å². The number of anilines is 1. The summed E-state index contributed by atoms with van der Waals surface area (Å²) in [5.74, 6) is -0.280. The third-order valence-electron chi connectivity index (χ3n) is 2.78. The lowest BCUT2D eigenvalue weighted by Gasteiger charge is -2.19. The molecular formula is C15H25NO2S. The maximum absolute atomic E-state index is 12.1. The van der Waals surface area contributed by atoms with E-state index in [0.717, 1.165) is 24.8 Å². The molecule has 0 aliphatic heterocycles. The average molecular weight is 283 g/mol. The fraction of sp³-hybridized carbons (Fsp3) is 0.667. The van der Waals surface area contributed by atoms with E-state index in [2.05, 4.69) is 27.7 Å². The first-order chi connectivity index (χ1) is 8.80. The Morgan fingerprint density at radius 3 is 2.42 bits per heavy atom. The SMILES string of the molecule is CCCc1sc(N)c(C(=O)OCC)c1CC(C)(C)C. The van der Waals surface area contributed by atoms with Gasteiger partial charge in [0.25, 0.3) is 0 Å². The second-order valence-corrected chi connectivity index (χ2v) is 7.09. The molecule has 0 amide bonds. The van der Waals surface area contributed by atoms with Crippen molar-refractivity contribution >= 4 is 22.3 Å². The van der Waals surface area contributed by atoms with Crippen molar-refractivity contribution in [1.29, 1.82) is 0 Å². The van der Waals surface area contributed by atoms with Crippen LogP contribution in [0.2, 0.25) is 0 Å². The minimum absolute atomic E-state index is 0.122. The van der Waals surface area contributed by atoms with Crippen molar-refractivity contribution in [2.24, 2.45) is 5.41 Å². The fourth-order valence-electron chi connectivity index (χ4n) is 2.11.